The molecule has 0 aliphatic rings. The molecule has 0 aliphatic carbocycles. The zero-order chi connectivity index (χ0) is 25.6. The smallest absolute Gasteiger partial charge is 0.0849 e. The molecule has 0 aromatic heterocycles. The van der Waals surface area contributed by atoms with Crippen LogP contribution in [0.25, 0.3) is 6.08 Å². The van der Waals surface area contributed by atoms with Gasteiger partial charge in [0.1, 0.15) is 16.1 Å². The van der Waals surface area contributed by atoms with Crippen molar-refractivity contribution in [1.82, 2.24) is 0 Å². The Morgan fingerprint density at radius 1 is 0.405 bits per heavy atom. The van der Waals surface area contributed by atoms with Gasteiger partial charge in [0.2, 0.25) is 0 Å². The molecule has 0 saturated carbocycles. The van der Waals surface area contributed by atoms with Gasteiger partial charge in [-0.2, -0.15) is 0 Å². The molecule has 0 bridgehead atoms. The SMILES string of the molecule is C[Si](c1ccccc1)(c1ccccc1)C(/C=C/c1ccccc1)[Si](C)(c1ccccc1)c1ccccc1. The minimum absolute atomic E-state index is 0.370. The van der Waals surface area contributed by atoms with E-state index in [1.165, 1.54) is 26.3 Å². The van der Waals surface area contributed by atoms with E-state index in [0.717, 1.165) is 0 Å². The van der Waals surface area contributed by atoms with Gasteiger partial charge in [-0.15, -0.1) is 0 Å². The fraction of sp³-hybridized carbons (Fsp3) is 0.0857. The highest BCUT2D eigenvalue weighted by molar-refractivity contribution is 7.18. The molecule has 0 N–H and O–H groups in total. The van der Waals surface area contributed by atoms with Crippen molar-refractivity contribution < 1.29 is 0 Å². The van der Waals surface area contributed by atoms with Crippen molar-refractivity contribution in [1.29, 1.82) is 0 Å². The summed E-state index contributed by atoms with van der Waals surface area (Å²) in [4.78, 5) is 0. The first-order valence-electron chi connectivity index (χ1n) is 13.1. The number of allylic oxidation sites excluding steroid dienone is 1. The van der Waals surface area contributed by atoms with E-state index in [2.05, 4.69) is 177 Å². The average molecular weight is 511 g/mol. The van der Waals surface area contributed by atoms with Crippen molar-refractivity contribution in [3.8, 4) is 0 Å². The van der Waals surface area contributed by atoms with Crippen LogP contribution in [0.15, 0.2) is 158 Å². The Morgan fingerprint density at radius 3 is 0.973 bits per heavy atom. The number of benzene rings is 5. The molecule has 0 atom stereocenters. The minimum Gasteiger partial charge on any atom is -0.0849 e. The molecule has 2 heteroatoms. The quantitative estimate of drug-likeness (QED) is 0.212. The molecule has 0 aliphatic heterocycles. The van der Waals surface area contributed by atoms with Crippen LogP contribution >= 0.6 is 0 Å². The van der Waals surface area contributed by atoms with Gasteiger partial charge >= 0.3 is 0 Å². The first kappa shape index (κ1) is 24.9. The van der Waals surface area contributed by atoms with Gasteiger partial charge in [0.25, 0.3) is 0 Å². The third-order valence-corrected chi connectivity index (χ3v) is 20.5. The fourth-order valence-corrected chi connectivity index (χ4v) is 19.1. The maximum atomic E-state index is 2.59. The molecular formula is C35H34Si2. The molecule has 0 nitrogen and oxygen atoms in total. The van der Waals surface area contributed by atoms with E-state index >= 15 is 0 Å². The molecule has 0 saturated heterocycles. The average Bonchev–Trinajstić information content (AvgIpc) is 2.99. The lowest BCUT2D eigenvalue weighted by Crippen LogP contribution is -2.71. The van der Waals surface area contributed by atoms with Crippen molar-refractivity contribution in [2.24, 2.45) is 0 Å². The normalized spacial score (nSPS) is 12.2. The second kappa shape index (κ2) is 11.1. The van der Waals surface area contributed by atoms with E-state index in [-0.39, 0.29) is 0 Å². The predicted octanol–water partition coefficient (Wildman–Crippen LogP) is 6.40. The van der Waals surface area contributed by atoms with Crippen LogP contribution in [0.3, 0.4) is 0 Å². The Labute approximate surface area is 224 Å². The first-order chi connectivity index (χ1) is 18.1. The maximum absolute atomic E-state index is 2.59. The molecule has 0 unspecified atom stereocenters. The van der Waals surface area contributed by atoms with E-state index < -0.39 is 16.1 Å². The van der Waals surface area contributed by atoms with Gasteiger partial charge in [0, 0.05) is 0 Å². The number of hydrogen-bond donors (Lipinski definition) is 0. The second-order valence-electron chi connectivity index (χ2n) is 10.1. The third kappa shape index (κ3) is 4.95. The lowest BCUT2D eigenvalue weighted by Gasteiger charge is -2.46. The molecule has 0 heterocycles. The Hall–Kier alpha value is -3.73. The van der Waals surface area contributed by atoms with Crippen LogP contribution in [0.5, 0.6) is 0 Å². The summed E-state index contributed by atoms with van der Waals surface area (Å²) in [5.41, 5.74) is 1.25. The predicted molar refractivity (Wildman–Crippen MR) is 167 cm³/mol. The van der Waals surface area contributed by atoms with Gasteiger partial charge in [-0.3, -0.25) is 0 Å². The molecule has 37 heavy (non-hydrogen) atoms. The van der Waals surface area contributed by atoms with Crippen LogP contribution in [0.1, 0.15) is 5.56 Å². The van der Waals surface area contributed by atoms with Gasteiger partial charge in [-0.1, -0.05) is 198 Å². The van der Waals surface area contributed by atoms with E-state index in [9.17, 15) is 0 Å². The van der Waals surface area contributed by atoms with Crippen molar-refractivity contribution in [3.63, 3.8) is 0 Å². The standard InChI is InChI=1S/C35H34Si2/c1-36(31-20-10-4-11-21-31,32-22-12-5-13-23-32)35(29-28-30-18-8-3-9-19-30)37(2,33-24-14-6-15-25-33)34-26-16-7-17-27-34/h3-29,35H,1-2H3/b29-28+. The van der Waals surface area contributed by atoms with Gasteiger partial charge < -0.3 is 0 Å². The van der Waals surface area contributed by atoms with Crippen molar-refractivity contribution in [2.75, 3.05) is 0 Å². The van der Waals surface area contributed by atoms with Gasteiger partial charge in [0.05, 0.1) is 0 Å². The highest BCUT2D eigenvalue weighted by atomic mass is 28.4. The largest absolute Gasteiger partial charge is 0.119 e. The molecule has 0 fully saturated rings. The zero-order valence-electron chi connectivity index (χ0n) is 21.7. The van der Waals surface area contributed by atoms with E-state index in [1.54, 1.807) is 0 Å². The van der Waals surface area contributed by atoms with E-state index in [4.69, 9.17) is 0 Å². The molecule has 0 spiro atoms. The second-order valence-corrected chi connectivity index (χ2v) is 19.1. The Morgan fingerprint density at radius 2 is 0.676 bits per heavy atom. The minimum atomic E-state index is -2.31. The van der Waals surface area contributed by atoms with Crippen LogP contribution in [0.2, 0.25) is 18.3 Å². The van der Waals surface area contributed by atoms with Crippen LogP contribution in [0, 0.1) is 0 Å². The number of hydrogen-bond acceptors (Lipinski definition) is 0. The highest BCUT2D eigenvalue weighted by Gasteiger charge is 2.51. The van der Waals surface area contributed by atoms with Crippen LogP contribution < -0.4 is 20.7 Å². The Balaban J connectivity index is 1.84. The molecule has 5 rings (SSSR count). The lowest BCUT2D eigenvalue weighted by atomic mass is 10.2. The van der Waals surface area contributed by atoms with Crippen LogP contribution in [-0.2, 0) is 0 Å². The summed E-state index contributed by atoms with van der Waals surface area (Å²) < 4.78 is 0. The van der Waals surface area contributed by atoms with Crippen molar-refractivity contribution >= 4 is 43.0 Å². The lowest BCUT2D eigenvalue weighted by molar-refractivity contribution is 1.37. The third-order valence-electron chi connectivity index (χ3n) is 8.02. The van der Waals surface area contributed by atoms with E-state index in [1.807, 2.05) is 0 Å². The number of rotatable bonds is 8. The summed E-state index contributed by atoms with van der Waals surface area (Å²) in [5, 5.41) is 6.29. The van der Waals surface area contributed by atoms with Crippen molar-refractivity contribution in [3.05, 3.63) is 163 Å². The fourth-order valence-electron chi connectivity index (χ4n) is 5.92. The molecule has 5 aromatic rings. The summed E-state index contributed by atoms with van der Waals surface area (Å²) in [6, 6.07) is 56.0. The van der Waals surface area contributed by atoms with Gasteiger partial charge in [-0.05, 0) is 10.7 Å². The van der Waals surface area contributed by atoms with Gasteiger partial charge in [-0.25, -0.2) is 0 Å². The van der Waals surface area contributed by atoms with Gasteiger partial charge in [0.15, 0.2) is 0 Å². The topological polar surface area (TPSA) is 0 Å². The van der Waals surface area contributed by atoms with Crippen molar-refractivity contribution in [2.45, 2.75) is 18.3 Å². The first-order valence-corrected chi connectivity index (χ1v) is 18.2. The molecule has 182 valence electrons. The summed E-state index contributed by atoms with van der Waals surface area (Å²) in [6.45, 7) is 5.18. The summed E-state index contributed by atoms with van der Waals surface area (Å²) in [5.74, 6) is 0. The monoisotopic (exact) mass is 510 g/mol. The summed E-state index contributed by atoms with van der Waals surface area (Å²) in [7, 11) is -4.62. The molecule has 0 amide bonds. The maximum Gasteiger partial charge on any atom is 0.119 e. The Kier molecular flexibility index (Phi) is 7.50. The Bertz CT molecular complexity index is 1250. The van der Waals surface area contributed by atoms with Crippen LogP contribution in [-0.4, -0.2) is 16.1 Å². The summed E-state index contributed by atoms with van der Waals surface area (Å²) >= 11 is 0. The van der Waals surface area contributed by atoms with Crippen LogP contribution in [0.4, 0.5) is 0 Å². The molecular weight excluding hydrogens is 477 g/mol. The molecule has 0 radical (unpaired) electrons. The highest BCUT2D eigenvalue weighted by Crippen LogP contribution is 2.34. The molecule has 5 aromatic carbocycles. The zero-order valence-corrected chi connectivity index (χ0v) is 23.7. The van der Waals surface area contributed by atoms with E-state index in [0.29, 0.717) is 5.16 Å². The summed E-state index contributed by atoms with van der Waals surface area (Å²) in [6.07, 6.45) is 4.95.